The fraction of sp³-hybridized carbons (Fsp3) is 0.158. The Morgan fingerprint density at radius 1 is 1.12 bits per heavy atom. The van der Waals surface area contributed by atoms with Crippen LogP contribution < -0.4 is 9.64 Å². The molecule has 1 aliphatic rings. The average Bonchev–Trinajstić information content (AvgIpc) is 3.04. The molecule has 5 nitrogen and oxygen atoms in total. The van der Waals surface area contributed by atoms with Gasteiger partial charge in [0, 0.05) is 24.7 Å². The predicted molar refractivity (Wildman–Crippen MR) is 89.0 cm³/mol. The molecular weight excluding hydrogens is 342 g/mol. The number of benzene rings is 2. The molecule has 0 atom stereocenters. The number of carbonyl (C=O) groups excluding carboxylic acids is 1. The molecule has 7 heteroatoms. The minimum atomic E-state index is -0.742. The Hall–Kier alpha value is -3.22. The van der Waals surface area contributed by atoms with Crippen LogP contribution in [0.25, 0.3) is 0 Å². The molecule has 26 heavy (non-hydrogen) atoms. The van der Waals surface area contributed by atoms with Gasteiger partial charge >= 0.3 is 0 Å². The molecule has 2 aromatic carbocycles. The van der Waals surface area contributed by atoms with Crippen LogP contribution in [0.3, 0.4) is 0 Å². The molecule has 3 aromatic rings. The summed E-state index contributed by atoms with van der Waals surface area (Å²) in [6.45, 7) is 0.346. The molecule has 0 fully saturated rings. The molecule has 0 saturated carbocycles. The Morgan fingerprint density at radius 3 is 2.58 bits per heavy atom. The number of oxazole rings is 1. The number of halogens is 2. The lowest BCUT2D eigenvalue weighted by Gasteiger charge is -2.25. The van der Waals surface area contributed by atoms with Crippen molar-refractivity contribution in [3.05, 3.63) is 77.5 Å². The highest BCUT2D eigenvalue weighted by Crippen LogP contribution is 2.26. The van der Waals surface area contributed by atoms with Crippen molar-refractivity contribution in [2.24, 2.45) is 0 Å². The second kappa shape index (κ2) is 6.59. The van der Waals surface area contributed by atoms with E-state index in [2.05, 4.69) is 4.98 Å². The molecule has 1 aromatic heterocycles. The van der Waals surface area contributed by atoms with Crippen molar-refractivity contribution in [2.45, 2.75) is 13.0 Å². The molecule has 4 rings (SSSR count). The summed E-state index contributed by atoms with van der Waals surface area (Å²) in [5.74, 6) is -0.949. The molecule has 1 amide bonds. The SMILES string of the molecule is O=C1c2oc(COc3ccccc3)nc2CCN1c1cc(F)cc(F)c1. The van der Waals surface area contributed by atoms with Gasteiger partial charge in [0.05, 0.1) is 5.69 Å². The lowest BCUT2D eigenvalue weighted by Crippen LogP contribution is -2.37. The predicted octanol–water partition coefficient (Wildman–Crippen LogP) is 3.73. The van der Waals surface area contributed by atoms with Crippen molar-refractivity contribution in [2.75, 3.05) is 11.4 Å². The van der Waals surface area contributed by atoms with Gasteiger partial charge in [-0.3, -0.25) is 4.79 Å². The van der Waals surface area contributed by atoms with Crippen molar-refractivity contribution >= 4 is 11.6 Å². The van der Waals surface area contributed by atoms with E-state index in [9.17, 15) is 13.6 Å². The van der Waals surface area contributed by atoms with Gasteiger partial charge in [-0.2, -0.15) is 0 Å². The summed E-state index contributed by atoms with van der Waals surface area (Å²) >= 11 is 0. The van der Waals surface area contributed by atoms with Gasteiger partial charge in [-0.15, -0.1) is 0 Å². The zero-order valence-corrected chi connectivity index (χ0v) is 13.6. The van der Waals surface area contributed by atoms with E-state index in [4.69, 9.17) is 9.15 Å². The van der Waals surface area contributed by atoms with Crippen molar-refractivity contribution < 1.29 is 22.7 Å². The van der Waals surface area contributed by atoms with Crippen LogP contribution in [0, 0.1) is 11.6 Å². The summed E-state index contributed by atoms with van der Waals surface area (Å²) in [4.78, 5) is 18.2. The molecule has 132 valence electrons. The Balaban J connectivity index is 1.54. The summed E-state index contributed by atoms with van der Waals surface area (Å²) in [6.07, 6.45) is 0.425. The lowest BCUT2D eigenvalue weighted by molar-refractivity contribution is 0.0948. The van der Waals surface area contributed by atoms with Gasteiger partial charge in [0.15, 0.2) is 6.61 Å². The summed E-state index contributed by atoms with van der Waals surface area (Å²) in [7, 11) is 0. The van der Waals surface area contributed by atoms with Crippen molar-refractivity contribution in [1.82, 2.24) is 4.98 Å². The van der Waals surface area contributed by atoms with E-state index in [0.29, 0.717) is 17.9 Å². The van der Waals surface area contributed by atoms with Gasteiger partial charge in [0.2, 0.25) is 11.7 Å². The molecule has 0 aliphatic carbocycles. The summed E-state index contributed by atoms with van der Waals surface area (Å²) in [5.41, 5.74) is 0.673. The first-order chi connectivity index (χ1) is 12.6. The molecule has 0 bridgehead atoms. The first-order valence-corrected chi connectivity index (χ1v) is 8.04. The molecular formula is C19H14F2N2O3. The first kappa shape index (κ1) is 16.3. The Bertz CT molecular complexity index is 936. The second-order valence-electron chi connectivity index (χ2n) is 5.82. The quantitative estimate of drug-likeness (QED) is 0.715. The number of ether oxygens (including phenoxy) is 1. The molecule has 0 unspecified atom stereocenters. The number of fused-ring (bicyclic) bond motifs is 1. The topological polar surface area (TPSA) is 55.6 Å². The number of para-hydroxylation sites is 1. The van der Waals surface area contributed by atoms with Gasteiger partial charge in [-0.25, -0.2) is 13.8 Å². The van der Waals surface area contributed by atoms with Crippen LogP contribution >= 0.6 is 0 Å². The van der Waals surface area contributed by atoms with Crippen LogP contribution in [-0.4, -0.2) is 17.4 Å². The zero-order valence-electron chi connectivity index (χ0n) is 13.6. The zero-order chi connectivity index (χ0) is 18.1. The van der Waals surface area contributed by atoms with E-state index in [-0.39, 0.29) is 30.5 Å². The van der Waals surface area contributed by atoms with Crippen molar-refractivity contribution in [3.63, 3.8) is 0 Å². The summed E-state index contributed by atoms with van der Waals surface area (Å²) in [5, 5.41) is 0. The number of amides is 1. The van der Waals surface area contributed by atoms with E-state index < -0.39 is 17.5 Å². The van der Waals surface area contributed by atoms with E-state index in [1.165, 1.54) is 4.90 Å². The molecule has 2 heterocycles. The van der Waals surface area contributed by atoms with Crippen LogP contribution in [-0.2, 0) is 13.0 Å². The second-order valence-corrected chi connectivity index (χ2v) is 5.82. The van der Waals surface area contributed by atoms with Gasteiger partial charge in [0.1, 0.15) is 17.4 Å². The minimum absolute atomic E-state index is 0.0765. The standard InChI is InChI=1S/C19H14F2N2O3/c20-12-8-13(21)10-14(9-12)23-7-6-16-18(19(23)24)26-17(22-16)11-25-15-4-2-1-3-5-15/h1-5,8-10H,6-7,11H2. The van der Waals surface area contributed by atoms with Crippen LogP contribution in [0.2, 0.25) is 0 Å². The maximum atomic E-state index is 13.4. The van der Waals surface area contributed by atoms with Crippen LogP contribution in [0.1, 0.15) is 22.1 Å². The molecule has 0 spiro atoms. The highest BCUT2D eigenvalue weighted by molar-refractivity contribution is 6.05. The maximum Gasteiger partial charge on any atom is 0.296 e. The van der Waals surface area contributed by atoms with Crippen molar-refractivity contribution in [1.29, 1.82) is 0 Å². The fourth-order valence-electron chi connectivity index (χ4n) is 2.84. The lowest BCUT2D eigenvalue weighted by atomic mass is 10.1. The number of hydrogen-bond donors (Lipinski definition) is 0. The largest absolute Gasteiger partial charge is 0.484 e. The third kappa shape index (κ3) is 3.15. The van der Waals surface area contributed by atoms with E-state index in [1.807, 2.05) is 18.2 Å². The molecule has 0 radical (unpaired) electrons. The molecule has 1 aliphatic heterocycles. The number of carbonyl (C=O) groups is 1. The van der Waals surface area contributed by atoms with Crippen LogP contribution in [0.4, 0.5) is 14.5 Å². The van der Waals surface area contributed by atoms with E-state index >= 15 is 0 Å². The van der Waals surface area contributed by atoms with Crippen LogP contribution in [0.5, 0.6) is 5.75 Å². The Morgan fingerprint density at radius 2 is 1.85 bits per heavy atom. The molecule has 0 saturated heterocycles. The summed E-state index contributed by atoms with van der Waals surface area (Å²) in [6, 6.07) is 12.1. The van der Waals surface area contributed by atoms with Gasteiger partial charge in [-0.1, -0.05) is 18.2 Å². The van der Waals surface area contributed by atoms with Gasteiger partial charge in [-0.05, 0) is 24.3 Å². The van der Waals surface area contributed by atoms with Gasteiger partial charge < -0.3 is 14.1 Å². The highest BCUT2D eigenvalue weighted by atomic mass is 19.1. The van der Waals surface area contributed by atoms with Crippen LogP contribution in [0.15, 0.2) is 52.9 Å². The van der Waals surface area contributed by atoms with Crippen molar-refractivity contribution in [3.8, 4) is 5.75 Å². The normalized spacial score (nSPS) is 13.6. The maximum absolute atomic E-state index is 13.4. The summed E-state index contributed by atoms with van der Waals surface area (Å²) < 4.78 is 38.0. The first-order valence-electron chi connectivity index (χ1n) is 8.04. The third-order valence-corrected chi connectivity index (χ3v) is 4.02. The van der Waals surface area contributed by atoms with E-state index in [0.717, 1.165) is 18.2 Å². The highest BCUT2D eigenvalue weighted by Gasteiger charge is 2.31. The number of anilines is 1. The number of rotatable bonds is 4. The average molecular weight is 356 g/mol. The minimum Gasteiger partial charge on any atom is -0.484 e. The Labute approximate surface area is 147 Å². The monoisotopic (exact) mass is 356 g/mol. The number of nitrogens with zero attached hydrogens (tertiary/aromatic N) is 2. The molecule has 0 N–H and O–H groups in total. The smallest absolute Gasteiger partial charge is 0.296 e. The fourth-order valence-corrected chi connectivity index (χ4v) is 2.84. The van der Waals surface area contributed by atoms with E-state index in [1.54, 1.807) is 12.1 Å². The number of aromatic nitrogens is 1. The third-order valence-electron chi connectivity index (χ3n) is 4.02. The Kier molecular flexibility index (Phi) is 4.12. The number of hydrogen-bond acceptors (Lipinski definition) is 4. The van der Waals surface area contributed by atoms with Gasteiger partial charge in [0.25, 0.3) is 5.91 Å².